The minimum Gasteiger partial charge on any atom is -0.492 e. The number of aldehydes is 1. The van der Waals surface area contributed by atoms with Gasteiger partial charge in [-0.2, -0.15) is 0 Å². The van der Waals surface area contributed by atoms with Crippen LogP contribution in [-0.2, 0) is 11.2 Å². The zero-order chi connectivity index (χ0) is 22.2. The Kier molecular flexibility index (Phi) is 5.72. The second-order valence-corrected chi connectivity index (χ2v) is 9.33. The minimum absolute atomic E-state index is 0.294. The summed E-state index contributed by atoms with van der Waals surface area (Å²) in [5.74, 6) is 0.904. The fourth-order valence-electron chi connectivity index (χ4n) is 5.76. The zero-order valence-corrected chi connectivity index (χ0v) is 18.6. The highest BCUT2D eigenvalue weighted by molar-refractivity contribution is 5.80. The SMILES string of the molecule is Cc1cc(OCC(C)N2C3CCC2CC(c2noc4cc(F)ccc24)C3)ccc1CC=O. The number of rotatable bonds is 7. The molecule has 2 saturated heterocycles. The van der Waals surface area contributed by atoms with Gasteiger partial charge in [0.05, 0.1) is 5.69 Å². The van der Waals surface area contributed by atoms with Gasteiger partial charge >= 0.3 is 0 Å². The largest absolute Gasteiger partial charge is 0.492 e. The summed E-state index contributed by atoms with van der Waals surface area (Å²) in [6.45, 7) is 4.89. The second-order valence-electron chi connectivity index (χ2n) is 9.33. The van der Waals surface area contributed by atoms with E-state index in [4.69, 9.17) is 9.26 Å². The third-order valence-electron chi connectivity index (χ3n) is 7.26. The Balaban J connectivity index is 1.24. The molecule has 5 nitrogen and oxygen atoms in total. The number of aromatic nitrogens is 1. The molecule has 2 aliphatic rings. The standard InChI is InChI=1S/C26H29FN2O3/c1-16-11-23(7-3-18(16)9-10-30)31-15-17(2)29-21-5-6-22(29)13-19(12-21)26-24-8-4-20(27)14-25(24)32-28-26/h3-4,7-8,10-11,14,17,19,21-22H,5-6,9,12-13,15H2,1-2H3. The number of piperidine rings is 1. The van der Waals surface area contributed by atoms with Crippen molar-refractivity contribution >= 4 is 17.3 Å². The first-order valence-corrected chi connectivity index (χ1v) is 11.5. The van der Waals surface area contributed by atoms with Crippen molar-refractivity contribution in [1.29, 1.82) is 0 Å². The molecule has 0 spiro atoms. The molecule has 6 heteroatoms. The molecular weight excluding hydrogens is 407 g/mol. The molecule has 3 atom stereocenters. The summed E-state index contributed by atoms with van der Waals surface area (Å²) in [5.41, 5.74) is 3.64. The lowest BCUT2D eigenvalue weighted by Gasteiger charge is -2.42. The van der Waals surface area contributed by atoms with Crippen LogP contribution in [0.3, 0.4) is 0 Å². The van der Waals surface area contributed by atoms with Crippen LogP contribution in [0.15, 0.2) is 40.9 Å². The van der Waals surface area contributed by atoms with Crippen LogP contribution in [0.2, 0.25) is 0 Å². The first-order valence-electron chi connectivity index (χ1n) is 11.5. The lowest BCUT2D eigenvalue weighted by atomic mass is 9.86. The number of fused-ring (bicyclic) bond motifs is 3. The normalized spacial score (nSPS) is 24.0. The molecule has 0 saturated carbocycles. The van der Waals surface area contributed by atoms with Crippen LogP contribution >= 0.6 is 0 Å². The quantitative estimate of drug-likeness (QED) is 0.477. The number of benzene rings is 2. The van der Waals surface area contributed by atoms with Crippen LogP contribution in [0.5, 0.6) is 5.75 Å². The van der Waals surface area contributed by atoms with E-state index in [0.717, 1.165) is 47.1 Å². The molecule has 32 heavy (non-hydrogen) atoms. The van der Waals surface area contributed by atoms with E-state index in [2.05, 4.69) is 17.0 Å². The summed E-state index contributed by atoms with van der Waals surface area (Å²) in [5, 5.41) is 5.26. The third kappa shape index (κ3) is 3.92. The number of aryl methyl sites for hydroxylation is 1. The molecule has 2 aromatic carbocycles. The van der Waals surface area contributed by atoms with E-state index in [1.165, 1.54) is 25.0 Å². The molecule has 0 radical (unpaired) electrons. The molecular formula is C26H29FN2O3. The van der Waals surface area contributed by atoms with Gasteiger partial charge in [0.1, 0.15) is 24.5 Å². The number of halogens is 1. The maximum absolute atomic E-state index is 13.5. The van der Waals surface area contributed by atoms with E-state index in [9.17, 15) is 9.18 Å². The number of hydrogen-bond acceptors (Lipinski definition) is 5. The van der Waals surface area contributed by atoms with Gasteiger partial charge in [0.15, 0.2) is 5.58 Å². The highest BCUT2D eigenvalue weighted by atomic mass is 19.1. The van der Waals surface area contributed by atoms with Crippen LogP contribution in [0.25, 0.3) is 11.0 Å². The van der Waals surface area contributed by atoms with E-state index in [1.54, 1.807) is 6.07 Å². The number of carbonyl (C=O) groups is 1. The Morgan fingerprint density at radius 1 is 1.22 bits per heavy atom. The van der Waals surface area contributed by atoms with Gasteiger partial charge in [-0.3, -0.25) is 4.90 Å². The Hall–Kier alpha value is -2.73. The number of hydrogen-bond donors (Lipinski definition) is 0. The number of carbonyl (C=O) groups excluding carboxylic acids is 1. The summed E-state index contributed by atoms with van der Waals surface area (Å²) < 4.78 is 25.1. The summed E-state index contributed by atoms with van der Waals surface area (Å²) in [6.07, 6.45) is 5.84. The van der Waals surface area contributed by atoms with Crippen LogP contribution in [0, 0.1) is 12.7 Å². The molecule has 2 aliphatic heterocycles. The third-order valence-corrected chi connectivity index (χ3v) is 7.26. The molecule has 0 N–H and O–H groups in total. The minimum atomic E-state index is -0.294. The van der Waals surface area contributed by atoms with Gasteiger partial charge in [-0.15, -0.1) is 0 Å². The topological polar surface area (TPSA) is 55.6 Å². The summed E-state index contributed by atoms with van der Waals surface area (Å²) in [6, 6.07) is 12.0. The summed E-state index contributed by atoms with van der Waals surface area (Å²) in [7, 11) is 0. The van der Waals surface area contributed by atoms with E-state index < -0.39 is 0 Å². The summed E-state index contributed by atoms with van der Waals surface area (Å²) in [4.78, 5) is 13.4. The van der Waals surface area contributed by atoms with Crippen molar-refractivity contribution < 1.29 is 18.4 Å². The van der Waals surface area contributed by atoms with Crippen LogP contribution in [0.4, 0.5) is 4.39 Å². The van der Waals surface area contributed by atoms with Gasteiger partial charge in [-0.25, -0.2) is 4.39 Å². The van der Waals surface area contributed by atoms with E-state index >= 15 is 0 Å². The molecule has 168 valence electrons. The molecule has 5 rings (SSSR count). The van der Waals surface area contributed by atoms with E-state index in [0.29, 0.717) is 42.7 Å². The highest BCUT2D eigenvalue weighted by Crippen LogP contribution is 2.45. The monoisotopic (exact) mass is 436 g/mol. The summed E-state index contributed by atoms with van der Waals surface area (Å²) >= 11 is 0. The molecule has 2 bridgehead atoms. The number of ether oxygens (including phenoxy) is 1. The van der Waals surface area contributed by atoms with E-state index in [-0.39, 0.29) is 5.82 Å². The lowest BCUT2D eigenvalue weighted by molar-refractivity contribution is -0.107. The van der Waals surface area contributed by atoms with Gasteiger partial charge in [0, 0.05) is 41.9 Å². The molecule has 1 aromatic heterocycles. The van der Waals surface area contributed by atoms with Crippen LogP contribution in [0.1, 0.15) is 55.3 Å². The van der Waals surface area contributed by atoms with Gasteiger partial charge in [-0.05, 0) is 74.9 Å². The molecule has 3 aromatic rings. The molecule has 0 amide bonds. The van der Waals surface area contributed by atoms with E-state index in [1.807, 2.05) is 25.1 Å². The molecule has 2 fully saturated rings. The molecule has 3 heterocycles. The number of nitrogens with zero attached hydrogens (tertiary/aromatic N) is 2. The van der Waals surface area contributed by atoms with Gasteiger partial charge in [-0.1, -0.05) is 11.2 Å². The Bertz CT molecular complexity index is 1110. The maximum Gasteiger partial charge on any atom is 0.170 e. The lowest BCUT2D eigenvalue weighted by Crippen LogP contribution is -2.49. The first kappa shape index (κ1) is 21.1. The first-order chi connectivity index (χ1) is 15.5. The van der Waals surface area contributed by atoms with Crippen molar-refractivity contribution in [2.45, 2.75) is 70.0 Å². The average Bonchev–Trinajstić information content (AvgIpc) is 3.31. The zero-order valence-electron chi connectivity index (χ0n) is 18.6. The van der Waals surface area contributed by atoms with Gasteiger partial charge < -0.3 is 14.1 Å². The molecule has 0 aliphatic carbocycles. The van der Waals surface area contributed by atoms with Crippen molar-refractivity contribution in [2.75, 3.05) is 6.61 Å². The predicted molar refractivity (Wildman–Crippen MR) is 120 cm³/mol. The van der Waals surface area contributed by atoms with Crippen molar-refractivity contribution in [1.82, 2.24) is 10.1 Å². The Morgan fingerprint density at radius 2 is 2.00 bits per heavy atom. The average molecular weight is 437 g/mol. The Labute approximate surface area is 187 Å². The molecule has 3 unspecified atom stereocenters. The maximum atomic E-state index is 13.5. The van der Waals surface area contributed by atoms with Crippen LogP contribution < -0.4 is 4.74 Å². The Morgan fingerprint density at radius 3 is 2.72 bits per heavy atom. The van der Waals surface area contributed by atoms with Gasteiger partial charge in [0.2, 0.25) is 0 Å². The van der Waals surface area contributed by atoms with Crippen molar-refractivity contribution in [3.63, 3.8) is 0 Å². The highest BCUT2D eigenvalue weighted by Gasteiger charge is 2.44. The predicted octanol–water partition coefficient (Wildman–Crippen LogP) is 5.19. The smallest absolute Gasteiger partial charge is 0.170 e. The fourth-order valence-corrected chi connectivity index (χ4v) is 5.76. The van der Waals surface area contributed by atoms with Crippen LogP contribution in [-0.4, -0.2) is 41.1 Å². The van der Waals surface area contributed by atoms with Crippen molar-refractivity contribution in [2.24, 2.45) is 0 Å². The second kappa shape index (κ2) is 8.66. The van der Waals surface area contributed by atoms with Crippen molar-refractivity contribution in [3.05, 3.63) is 59.0 Å². The van der Waals surface area contributed by atoms with Crippen molar-refractivity contribution in [3.8, 4) is 5.75 Å². The fraction of sp³-hybridized carbons (Fsp3) is 0.462. The van der Waals surface area contributed by atoms with Gasteiger partial charge in [0.25, 0.3) is 0 Å².